The molecule has 1 aromatic rings. The molecule has 0 spiro atoms. The summed E-state index contributed by atoms with van der Waals surface area (Å²) >= 11 is 0. The third-order valence-corrected chi connectivity index (χ3v) is 3.02. The summed E-state index contributed by atoms with van der Waals surface area (Å²) in [5, 5.41) is 8.75. The first-order chi connectivity index (χ1) is 9.65. The Kier molecular flexibility index (Phi) is 5.34. The summed E-state index contributed by atoms with van der Waals surface area (Å²) in [5.41, 5.74) is 6.35. The number of hydrogen-bond acceptors (Lipinski definition) is 5. The van der Waals surface area contributed by atoms with Gasteiger partial charge < -0.3 is 25.1 Å². The van der Waals surface area contributed by atoms with Crippen molar-refractivity contribution in [3.05, 3.63) is 29.8 Å². The largest absolute Gasteiger partial charge is 0.491 e. The molecule has 1 saturated heterocycles. The van der Waals surface area contributed by atoms with Gasteiger partial charge in [-0.1, -0.05) is 12.1 Å². The highest BCUT2D eigenvalue weighted by Gasteiger charge is 2.15. The molecule has 2 atom stereocenters. The van der Waals surface area contributed by atoms with Gasteiger partial charge >= 0.3 is 5.97 Å². The minimum atomic E-state index is -1.00. The molecule has 2 unspecified atom stereocenters. The van der Waals surface area contributed by atoms with Gasteiger partial charge in [-0.15, -0.1) is 0 Å². The Morgan fingerprint density at radius 2 is 2.15 bits per heavy atom. The fourth-order valence-corrected chi connectivity index (χ4v) is 1.88. The summed E-state index contributed by atoms with van der Waals surface area (Å²) in [7, 11) is 0. The van der Waals surface area contributed by atoms with E-state index in [4.69, 9.17) is 25.1 Å². The van der Waals surface area contributed by atoms with Crippen molar-refractivity contribution in [1.82, 2.24) is 0 Å². The van der Waals surface area contributed by atoms with Crippen molar-refractivity contribution >= 4 is 5.97 Å². The van der Waals surface area contributed by atoms with E-state index in [2.05, 4.69) is 0 Å². The zero-order chi connectivity index (χ0) is 14.4. The molecular weight excluding hydrogens is 262 g/mol. The van der Waals surface area contributed by atoms with Crippen LogP contribution in [0.5, 0.6) is 5.75 Å². The summed E-state index contributed by atoms with van der Waals surface area (Å²) in [6.45, 7) is 2.22. The molecule has 1 aliphatic heterocycles. The Hall–Kier alpha value is -1.63. The Labute approximate surface area is 117 Å². The van der Waals surface area contributed by atoms with Gasteiger partial charge in [0.25, 0.3) is 0 Å². The SMILES string of the molecule is NC(Cc1ccc(OCC2COCCO2)cc1)C(=O)O. The third-order valence-electron chi connectivity index (χ3n) is 3.02. The molecule has 0 aromatic heterocycles. The molecule has 1 aromatic carbocycles. The first-order valence-electron chi connectivity index (χ1n) is 6.54. The van der Waals surface area contributed by atoms with E-state index in [0.29, 0.717) is 38.6 Å². The number of aliphatic carboxylic acids is 1. The highest BCUT2D eigenvalue weighted by atomic mass is 16.6. The van der Waals surface area contributed by atoms with Gasteiger partial charge in [0.15, 0.2) is 0 Å². The number of nitrogens with two attached hydrogens (primary N) is 1. The molecular formula is C14H19NO5. The van der Waals surface area contributed by atoms with Crippen LogP contribution in [0, 0.1) is 0 Å². The van der Waals surface area contributed by atoms with Crippen LogP contribution in [0.15, 0.2) is 24.3 Å². The lowest BCUT2D eigenvalue weighted by atomic mass is 10.1. The monoisotopic (exact) mass is 281 g/mol. The normalized spacial score (nSPS) is 20.4. The van der Waals surface area contributed by atoms with Crippen LogP contribution in [0.2, 0.25) is 0 Å². The second-order valence-corrected chi connectivity index (χ2v) is 4.67. The van der Waals surface area contributed by atoms with Crippen LogP contribution in [-0.4, -0.2) is 49.6 Å². The molecule has 0 radical (unpaired) electrons. The van der Waals surface area contributed by atoms with Gasteiger partial charge in [-0.25, -0.2) is 0 Å². The van der Waals surface area contributed by atoms with Gasteiger partial charge in [-0.2, -0.15) is 0 Å². The number of carboxylic acid groups (broad SMARTS) is 1. The summed E-state index contributed by atoms with van der Waals surface area (Å²) in [5.74, 6) is -0.286. The Morgan fingerprint density at radius 3 is 2.75 bits per heavy atom. The summed E-state index contributed by atoms with van der Waals surface area (Å²) in [4.78, 5) is 10.7. The fourth-order valence-electron chi connectivity index (χ4n) is 1.88. The highest BCUT2D eigenvalue weighted by molar-refractivity contribution is 5.73. The van der Waals surface area contributed by atoms with E-state index >= 15 is 0 Å². The van der Waals surface area contributed by atoms with E-state index in [-0.39, 0.29) is 6.10 Å². The molecule has 2 rings (SSSR count). The van der Waals surface area contributed by atoms with Gasteiger partial charge in [0.1, 0.15) is 24.5 Å². The zero-order valence-electron chi connectivity index (χ0n) is 11.2. The predicted molar refractivity (Wildman–Crippen MR) is 71.8 cm³/mol. The van der Waals surface area contributed by atoms with E-state index in [1.165, 1.54) is 0 Å². The predicted octanol–water partition coefficient (Wildman–Crippen LogP) is 0.435. The lowest BCUT2D eigenvalue weighted by Gasteiger charge is -2.22. The van der Waals surface area contributed by atoms with Crippen LogP contribution in [0.4, 0.5) is 0 Å². The number of carboxylic acids is 1. The van der Waals surface area contributed by atoms with Crippen LogP contribution in [0.3, 0.4) is 0 Å². The number of hydrogen-bond donors (Lipinski definition) is 2. The minimum absolute atomic E-state index is 0.0381. The lowest BCUT2D eigenvalue weighted by Crippen LogP contribution is -2.33. The molecule has 6 heteroatoms. The van der Waals surface area contributed by atoms with Crippen molar-refractivity contribution in [1.29, 1.82) is 0 Å². The summed E-state index contributed by atoms with van der Waals surface area (Å²) < 4.78 is 16.4. The van der Waals surface area contributed by atoms with Gasteiger partial charge in [0.05, 0.1) is 19.8 Å². The molecule has 0 bridgehead atoms. The van der Waals surface area contributed by atoms with Crippen LogP contribution in [0.1, 0.15) is 5.56 Å². The summed E-state index contributed by atoms with van der Waals surface area (Å²) in [6.07, 6.45) is 0.263. The number of benzene rings is 1. The van der Waals surface area contributed by atoms with Crippen molar-refractivity contribution in [3.63, 3.8) is 0 Å². The molecule has 6 nitrogen and oxygen atoms in total. The molecule has 1 fully saturated rings. The van der Waals surface area contributed by atoms with Crippen LogP contribution in [-0.2, 0) is 20.7 Å². The highest BCUT2D eigenvalue weighted by Crippen LogP contribution is 2.14. The molecule has 0 amide bonds. The number of carbonyl (C=O) groups is 1. The van der Waals surface area contributed by atoms with Crippen LogP contribution < -0.4 is 10.5 Å². The summed E-state index contributed by atoms with van der Waals surface area (Å²) in [6, 6.07) is 6.35. The van der Waals surface area contributed by atoms with Crippen molar-refractivity contribution < 1.29 is 24.1 Å². The van der Waals surface area contributed by atoms with Crippen molar-refractivity contribution in [2.45, 2.75) is 18.6 Å². The van der Waals surface area contributed by atoms with Crippen LogP contribution in [0.25, 0.3) is 0 Å². The van der Waals surface area contributed by atoms with Gasteiger partial charge in [0, 0.05) is 0 Å². The maximum Gasteiger partial charge on any atom is 0.320 e. The fraction of sp³-hybridized carbons (Fsp3) is 0.500. The number of rotatable bonds is 6. The smallest absolute Gasteiger partial charge is 0.320 e. The average molecular weight is 281 g/mol. The third kappa shape index (κ3) is 4.48. The first-order valence-corrected chi connectivity index (χ1v) is 6.54. The van der Waals surface area contributed by atoms with Crippen molar-refractivity contribution in [3.8, 4) is 5.75 Å². The van der Waals surface area contributed by atoms with Crippen molar-refractivity contribution in [2.75, 3.05) is 26.4 Å². The molecule has 20 heavy (non-hydrogen) atoms. The maximum atomic E-state index is 10.7. The second kappa shape index (κ2) is 7.23. The molecule has 0 aliphatic carbocycles. The zero-order valence-corrected chi connectivity index (χ0v) is 11.2. The molecule has 3 N–H and O–H groups in total. The quantitative estimate of drug-likeness (QED) is 0.786. The standard InChI is InChI=1S/C14H19NO5/c15-13(14(16)17)7-10-1-3-11(4-2-10)20-9-12-8-18-5-6-19-12/h1-4,12-13H,5-9,15H2,(H,16,17). The molecule has 1 heterocycles. The van der Waals surface area contributed by atoms with E-state index < -0.39 is 12.0 Å². The van der Waals surface area contributed by atoms with E-state index in [1.54, 1.807) is 12.1 Å². The average Bonchev–Trinajstić information content (AvgIpc) is 2.47. The Morgan fingerprint density at radius 1 is 1.40 bits per heavy atom. The second-order valence-electron chi connectivity index (χ2n) is 4.67. The topological polar surface area (TPSA) is 91.0 Å². The van der Waals surface area contributed by atoms with Gasteiger partial charge in [-0.05, 0) is 24.1 Å². The lowest BCUT2D eigenvalue weighted by molar-refractivity contribution is -0.138. The first kappa shape index (κ1) is 14.8. The van der Waals surface area contributed by atoms with Gasteiger partial charge in [0.2, 0.25) is 0 Å². The van der Waals surface area contributed by atoms with E-state index in [0.717, 1.165) is 5.56 Å². The molecule has 110 valence electrons. The van der Waals surface area contributed by atoms with Gasteiger partial charge in [-0.3, -0.25) is 4.79 Å². The van der Waals surface area contributed by atoms with Crippen molar-refractivity contribution in [2.24, 2.45) is 5.73 Å². The molecule has 0 saturated carbocycles. The Balaban J connectivity index is 1.80. The Bertz CT molecular complexity index is 428. The van der Waals surface area contributed by atoms with Crippen LogP contribution >= 0.6 is 0 Å². The maximum absolute atomic E-state index is 10.7. The van der Waals surface area contributed by atoms with E-state index in [9.17, 15) is 4.79 Å². The number of ether oxygens (including phenoxy) is 3. The minimum Gasteiger partial charge on any atom is -0.491 e. The molecule has 1 aliphatic rings. The van der Waals surface area contributed by atoms with E-state index in [1.807, 2.05) is 12.1 Å².